The molecule has 1 aromatic carbocycles. The summed E-state index contributed by atoms with van der Waals surface area (Å²) < 4.78 is 0. The predicted molar refractivity (Wildman–Crippen MR) is 73.2 cm³/mol. The van der Waals surface area contributed by atoms with Crippen LogP contribution in [0.2, 0.25) is 0 Å². The van der Waals surface area contributed by atoms with Gasteiger partial charge < -0.3 is 10.6 Å². The van der Waals surface area contributed by atoms with Gasteiger partial charge in [0.15, 0.2) is 0 Å². The highest BCUT2D eigenvalue weighted by Crippen LogP contribution is 2.10. The number of rotatable bonds is 5. The third kappa shape index (κ3) is 3.91. The van der Waals surface area contributed by atoms with Crippen LogP contribution in [0.4, 0.5) is 5.69 Å². The fraction of sp³-hybridized carbons (Fsp3) is 0.231. The van der Waals surface area contributed by atoms with Crippen molar-refractivity contribution in [1.29, 1.82) is 0 Å². The Morgan fingerprint density at radius 3 is 2.90 bits per heavy atom. The van der Waals surface area contributed by atoms with Crippen molar-refractivity contribution >= 4 is 17.5 Å². The molecule has 7 heteroatoms. The van der Waals surface area contributed by atoms with Crippen LogP contribution < -0.4 is 10.6 Å². The number of amides is 2. The highest BCUT2D eigenvalue weighted by molar-refractivity contribution is 5.96. The Kier molecular flexibility index (Phi) is 4.43. The van der Waals surface area contributed by atoms with E-state index in [2.05, 4.69) is 25.8 Å². The van der Waals surface area contributed by atoms with Crippen molar-refractivity contribution in [2.75, 3.05) is 11.9 Å². The Balaban J connectivity index is 1.90. The van der Waals surface area contributed by atoms with Gasteiger partial charge in [-0.05, 0) is 18.2 Å². The smallest absolute Gasteiger partial charge is 0.251 e. The third-order valence-corrected chi connectivity index (χ3v) is 2.56. The molecule has 0 saturated carbocycles. The molecule has 0 radical (unpaired) electrons. The minimum absolute atomic E-state index is 0.173. The van der Waals surface area contributed by atoms with Crippen molar-refractivity contribution in [3.63, 3.8) is 0 Å². The average molecular weight is 273 g/mol. The lowest BCUT2D eigenvalue weighted by Crippen LogP contribution is -2.26. The minimum Gasteiger partial charge on any atom is -0.352 e. The fourth-order valence-electron chi connectivity index (χ4n) is 1.69. The monoisotopic (exact) mass is 273 g/mol. The molecular weight excluding hydrogens is 258 g/mol. The van der Waals surface area contributed by atoms with Crippen LogP contribution in [0.25, 0.3) is 0 Å². The molecule has 0 fully saturated rings. The topological polar surface area (TPSA) is 99.8 Å². The Morgan fingerprint density at radius 1 is 1.35 bits per heavy atom. The Bertz CT molecular complexity index is 595. The van der Waals surface area contributed by atoms with Gasteiger partial charge in [-0.3, -0.25) is 14.7 Å². The van der Waals surface area contributed by atoms with Crippen LogP contribution in [0.5, 0.6) is 0 Å². The first kappa shape index (κ1) is 13.7. The summed E-state index contributed by atoms with van der Waals surface area (Å²) in [5, 5.41) is 11.9. The van der Waals surface area contributed by atoms with E-state index in [0.29, 0.717) is 24.2 Å². The van der Waals surface area contributed by atoms with Crippen LogP contribution in [-0.4, -0.2) is 33.5 Å². The van der Waals surface area contributed by atoms with Gasteiger partial charge in [0.2, 0.25) is 5.91 Å². The molecule has 104 valence electrons. The summed E-state index contributed by atoms with van der Waals surface area (Å²) >= 11 is 0. The Hall–Kier alpha value is -2.70. The van der Waals surface area contributed by atoms with E-state index in [-0.39, 0.29) is 11.8 Å². The van der Waals surface area contributed by atoms with Crippen molar-refractivity contribution in [1.82, 2.24) is 20.5 Å². The normalized spacial score (nSPS) is 10.1. The molecule has 0 saturated heterocycles. The van der Waals surface area contributed by atoms with Gasteiger partial charge >= 0.3 is 0 Å². The van der Waals surface area contributed by atoms with Crippen molar-refractivity contribution in [3.05, 3.63) is 42.0 Å². The van der Waals surface area contributed by atoms with E-state index in [4.69, 9.17) is 0 Å². The number of carbonyl (C=O) groups excluding carboxylic acids is 2. The van der Waals surface area contributed by atoms with E-state index in [1.54, 1.807) is 24.3 Å². The van der Waals surface area contributed by atoms with Crippen LogP contribution >= 0.6 is 0 Å². The second-order valence-corrected chi connectivity index (χ2v) is 4.20. The van der Waals surface area contributed by atoms with Gasteiger partial charge in [0.05, 0.1) is 0 Å². The van der Waals surface area contributed by atoms with Gasteiger partial charge in [0.1, 0.15) is 12.2 Å². The standard InChI is InChI=1S/C13H15N5O2/c1-9(19)17-11-4-2-3-10(7-11)13(20)14-6-5-12-15-8-16-18-12/h2-4,7-8H,5-6H2,1H3,(H,14,20)(H,17,19)(H,15,16,18). The zero-order valence-electron chi connectivity index (χ0n) is 11.0. The van der Waals surface area contributed by atoms with Crippen LogP contribution in [0.15, 0.2) is 30.6 Å². The highest BCUT2D eigenvalue weighted by atomic mass is 16.2. The molecule has 20 heavy (non-hydrogen) atoms. The molecule has 0 spiro atoms. The van der Waals surface area contributed by atoms with E-state index in [9.17, 15) is 9.59 Å². The number of nitrogens with one attached hydrogen (secondary N) is 3. The number of carbonyl (C=O) groups is 2. The SMILES string of the molecule is CC(=O)Nc1cccc(C(=O)NCCc2ncn[nH]2)c1. The molecule has 0 aliphatic rings. The molecule has 7 nitrogen and oxygen atoms in total. The van der Waals surface area contributed by atoms with Crippen LogP contribution in [0, 0.1) is 0 Å². The summed E-state index contributed by atoms with van der Waals surface area (Å²) in [5.74, 6) is 0.349. The number of aromatic nitrogens is 3. The summed E-state index contributed by atoms with van der Waals surface area (Å²) in [6.45, 7) is 1.88. The van der Waals surface area contributed by atoms with Gasteiger partial charge in [-0.1, -0.05) is 6.07 Å². The van der Waals surface area contributed by atoms with Crippen LogP contribution in [0.3, 0.4) is 0 Å². The van der Waals surface area contributed by atoms with Crippen LogP contribution in [-0.2, 0) is 11.2 Å². The molecule has 1 heterocycles. The first-order chi connectivity index (χ1) is 9.65. The summed E-state index contributed by atoms with van der Waals surface area (Å²) in [4.78, 5) is 26.9. The van der Waals surface area contributed by atoms with E-state index in [0.717, 1.165) is 5.82 Å². The van der Waals surface area contributed by atoms with Gasteiger partial charge in [0, 0.05) is 31.1 Å². The number of anilines is 1. The average Bonchev–Trinajstić information content (AvgIpc) is 2.91. The van der Waals surface area contributed by atoms with E-state index in [1.165, 1.54) is 13.3 Å². The number of benzene rings is 1. The van der Waals surface area contributed by atoms with Crippen LogP contribution in [0.1, 0.15) is 23.1 Å². The first-order valence-corrected chi connectivity index (χ1v) is 6.15. The second kappa shape index (κ2) is 6.46. The second-order valence-electron chi connectivity index (χ2n) is 4.20. The summed E-state index contributed by atoms with van der Waals surface area (Å²) in [6.07, 6.45) is 2.01. The van der Waals surface area contributed by atoms with E-state index in [1.807, 2.05) is 0 Å². The number of hydrogen-bond acceptors (Lipinski definition) is 4. The first-order valence-electron chi connectivity index (χ1n) is 6.15. The maximum absolute atomic E-state index is 11.9. The number of aromatic amines is 1. The number of nitrogens with zero attached hydrogens (tertiary/aromatic N) is 2. The lowest BCUT2D eigenvalue weighted by molar-refractivity contribution is -0.114. The molecule has 2 rings (SSSR count). The highest BCUT2D eigenvalue weighted by Gasteiger charge is 2.06. The molecule has 3 N–H and O–H groups in total. The van der Waals surface area contributed by atoms with E-state index >= 15 is 0 Å². The maximum Gasteiger partial charge on any atom is 0.251 e. The molecule has 0 unspecified atom stereocenters. The van der Waals surface area contributed by atoms with Gasteiger partial charge in [-0.15, -0.1) is 0 Å². The quantitative estimate of drug-likeness (QED) is 0.748. The summed E-state index contributed by atoms with van der Waals surface area (Å²) in [5.41, 5.74) is 1.09. The lowest BCUT2D eigenvalue weighted by atomic mass is 10.2. The molecule has 2 amide bonds. The molecule has 0 aliphatic carbocycles. The Morgan fingerprint density at radius 2 is 2.20 bits per heavy atom. The minimum atomic E-state index is -0.197. The van der Waals surface area contributed by atoms with Crippen molar-refractivity contribution in [2.45, 2.75) is 13.3 Å². The molecule has 1 aromatic heterocycles. The number of H-pyrrole nitrogens is 1. The maximum atomic E-state index is 11.9. The predicted octanol–water partition coefficient (Wildman–Crippen LogP) is 0.736. The fourth-order valence-corrected chi connectivity index (χ4v) is 1.69. The zero-order chi connectivity index (χ0) is 14.4. The number of hydrogen-bond donors (Lipinski definition) is 3. The van der Waals surface area contributed by atoms with Crippen molar-refractivity contribution in [3.8, 4) is 0 Å². The van der Waals surface area contributed by atoms with Crippen molar-refractivity contribution in [2.24, 2.45) is 0 Å². The summed E-state index contributed by atoms with van der Waals surface area (Å²) in [6, 6.07) is 6.77. The molecule has 2 aromatic rings. The molecular formula is C13H15N5O2. The largest absolute Gasteiger partial charge is 0.352 e. The molecule has 0 atom stereocenters. The van der Waals surface area contributed by atoms with E-state index < -0.39 is 0 Å². The van der Waals surface area contributed by atoms with Gasteiger partial charge in [0.25, 0.3) is 5.91 Å². The van der Waals surface area contributed by atoms with Gasteiger partial charge in [-0.2, -0.15) is 5.10 Å². The Labute approximate surface area is 115 Å². The summed E-state index contributed by atoms with van der Waals surface area (Å²) in [7, 11) is 0. The lowest BCUT2D eigenvalue weighted by Gasteiger charge is -2.06. The third-order valence-electron chi connectivity index (χ3n) is 2.56. The van der Waals surface area contributed by atoms with Gasteiger partial charge in [-0.25, -0.2) is 4.98 Å². The van der Waals surface area contributed by atoms with Crippen molar-refractivity contribution < 1.29 is 9.59 Å². The zero-order valence-corrected chi connectivity index (χ0v) is 11.0. The molecule has 0 aliphatic heterocycles. The molecule has 0 bridgehead atoms.